The van der Waals surface area contributed by atoms with Gasteiger partial charge in [0.2, 0.25) is 0 Å². The van der Waals surface area contributed by atoms with Gasteiger partial charge in [-0.1, -0.05) is 18.2 Å². The summed E-state index contributed by atoms with van der Waals surface area (Å²) in [6, 6.07) is 9.87. The highest BCUT2D eigenvalue weighted by Gasteiger charge is 2.24. The molecular weight excluding hydrogens is 318 g/mol. The molecule has 2 aliphatic heterocycles. The second kappa shape index (κ2) is 6.72. The number of nitrogens with zero attached hydrogens (tertiary/aromatic N) is 3. The van der Waals surface area contributed by atoms with Crippen LogP contribution < -0.4 is 4.74 Å². The molecule has 0 spiro atoms. The Morgan fingerprint density at radius 3 is 3.04 bits per heavy atom. The SMILES string of the molecule is O=C(O)c1ccn(C2CCCN(CC3=Cc4ccccc4OC3)C2)n1. The summed E-state index contributed by atoms with van der Waals surface area (Å²) >= 11 is 0. The summed E-state index contributed by atoms with van der Waals surface area (Å²) in [4.78, 5) is 13.4. The molecule has 0 amide bonds. The number of aromatic nitrogens is 2. The molecule has 4 rings (SSSR count). The Bertz CT molecular complexity index is 812. The number of carbonyl (C=O) groups is 1. The van der Waals surface area contributed by atoms with E-state index in [-0.39, 0.29) is 11.7 Å². The number of hydrogen-bond donors (Lipinski definition) is 1. The van der Waals surface area contributed by atoms with E-state index in [9.17, 15) is 4.79 Å². The fraction of sp³-hybridized carbons (Fsp3) is 0.368. The minimum absolute atomic E-state index is 0.108. The number of rotatable bonds is 4. The molecular formula is C19H21N3O3. The van der Waals surface area contributed by atoms with Crippen molar-refractivity contribution in [1.29, 1.82) is 0 Å². The summed E-state index contributed by atoms with van der Waals surface area (Å²) < 4.78 is 7.64. The zero-order valence-corrected chi connectivity index (χ0v) is 14.0. The fourth-order valence-electron chi connectivity index (χ4n) is 3.59. The van der Waals surface area contributed by atoms with Crippen molar-refractivity contribution in [3.63, 3.8) is 0 Å². The van der Waals surface area contributed by atoms with E-state index in [1.54, 1.807) is 16.9 Å². The van der Waals surface area contributed by atoms with Crippen molar-refractivity contribution in [3.05, 3.63) is 53.4 Å². The quantitative estimate of drug-likeness (QED) is 0.928. The first kappa shape index (κ1) is 15.9. The minimum Gasteiger partial charge on any atom is -0.489 e. The average molecular weight is 339 g/mol. The Labute approximate surface area is 146 Å². The van der Waals surface area contributed by atoms with E-state index in [2.05, 4.69) is 22.1 Å². The third-order valence-electron chi connectivity index (χ3n) is 4.80. The van der Waals surface area contributed by atoms with E-state index in [0.717, 1.165) is 43.8 Å². The van der Waals surface area contributed by atoms with Crippen LogP contribution in [0.2, 0.25) is 0 Å². The van der Waals surface area contributed by atoms with Crippen molar-refractivity contribution < 1.29 is 14.6 Å². The van der Waals surface area contributed by atoms with Crippen LogP contribution in [0.5, 0.6) is 5.75 Å². The van der Waals surface area contributed by atoms with Gasteiger partial charge in [-0.15, -0.1) is 0 Å². The summed E-state index contributed by atoms with van der Waals surface area (Å²) in [6.45, 7) is 3.42. The summed E-state index contributed by atoms with van der Waals surface area (Å²) in [7, 11) is 0. The Balaban J connectivity index is 1.43. The number of carboxylic acids is 1. The predicted molar refractivity (Wildman–Crippen MR) is 93.8 cm³/mol. The second-order valence-electron chi connectivity index (χ2n) is 6.65. The van der Waals surface area contributed by atoms with Crippen LogP contribution in [0, 0.1) is 0 Å². The standard InChI is InChI=1S/C19H21N3O3/c23-19(24)17-7-9-22(20-17)16-5-3-8-21(12-16)11-14-10-15-4-1-2-6-18(15)25-13-14/h1-2,4,6-7,9-10,16H,3,5,8,11-13H2,(H,23,24). The molecule has 1 unspecified atom stereocenters. The molecule has 1 saturated heterocycles. The number of para-hydroxylation sites is 1. The number of benzene rings is 1. The van der Waals surface area contributed by atoms with Gasteiger partial charge in [0.25, 0.3) is 0 Å². The molecule has 1 aromatic heterocycles. The summed E-state index contributed by atoms with van der Waals surface area (Å²) in [5, 5.41) is 13.2. The molecule has 6 heteroatoms. The Morgan fingerprint density at radius 2 is 2.20 bits per heavy atom. The van der Waals surface area contributed by atoms with E-state index in [1.165, 1.54) is 5.57 Å². The van der Waals surface area contributed by atoms with Crippen molar-refractivity contribution in [2.24, 2.45) is 0 Å². The maximum absolute atomic E-state index is 11.0. The smallest absolute Gasteiger partial charge is 0.356 e. The molecule has 3 heterocycles. The zero-order valence-electron chi connectivity index (χ0n) is 14.0. The van der Waals surface area contributed by atoms with Gasteiger partial charge in [0, 0.05) is 24.8 Å². The summed E-state index contributed by atoms with van der Waals surface area (Å²) in [5.41, 5.74) is 2.51. The van der Waals surface area contributed by atoms with Gasteiger partial charge in [-0.05, 0) is 43.2 Å². The summed E-state index contributed by atoms with van der Waals surface area (Å²) in [5.74, 6) is -0.0323. The van der Waals surface area contributed by atoms with Crippen molar-refractivity contribution in [2.75, 3.05) is 26.2 Å². The number of aromatic carboxylic acids is 1. The zero-order chi connectivity index (χ0) is 17.2. The third kappa shape index (κ3) is 3.44. The summed E-state index contributed by atoms with van der Waals surface area (Å²) in [6.07, 6.45) is 6.10. The first-order valence-corrected chi connectivity index (χ1v) is 8.61. The highest BCUT2D eigenvalue weighted by Crippen LogP contribution is 2.27. The predicted octanol–water partition coefficient (Wildman–Crippen LogP) is 2.69. The van der Waals surface area contributed by atoms with Gasteiger partial charge in [-0.3, -0.25) is 9.58 Å². The average Bonchev–Trinajstić information content (AvgIpc) is 3.12. The van der Waals surface area contributed by atoms with Crippen LogP contribution in [0.15, 0.2) is 42.1 Å². The van der Waals surface area contributed by atoms with E-state index in [4.69, 9.17) is 9.84 Å². The van der Waals surface area contributed by atoms with Gasteiger partial charge in [-0.2, -0.15) is 5.10 Å². The first-order valence-electron chi connectivity index (χ1n) is 8.61. The number of piperidine rings is 1. The number of likely N-dealkylation sites (tertiary alicyclic amines) is 1. The van der Waals surface area contributed by atoms with E-state index >= 15 is 0 Å². The van der Waals surface area contributed by atoms with Gasteiger partial charge in [0.05, 0.1) is 6.04 Å². The molecule has 25 heavy (non-hydrogen) atoms. The third-order valence-corrected chi connectivity index (χ3v) is 4.80. The van der Waals surface area contributed by atoms with Gasteiger partial charge in [0.1, 0.15) is 12.4 Å². The van der Waals surface area contributed by atoms with Crippen LogP contribution in [-0.4, -0.2) is 52.0 Å². The van der Waals surface area contributed by atoms with Crippen molar-refractivity contribution in [1.82, 2.24) is 14.7 Å². The van der Waals surface area contributed by atoms with Crippen LogP contribution in [0.4, 0.5) is 0 Å². The van der Waals surface area contributed by atoms with Crippen LogP contribution >= 0.6 is 0 Å². The molecule has 130 valence electrons. The van der Waals surface area contributed by atoms with Gasteiger partial charge in [-0.25, -0.2) is 4.79 Å². The molecule has 2 aromatic rings. The lowest BCUT2D eigenvalue weighted by molar-refractivity contribution is 0.0688. The minimum atomic E-state index is -0.977. The van der Waals surface area contributed by atoms with Crippen LogP contribution in [0.25, 0.3) is 6.08 Å². The van der Waals surface area contributed by atoms with Crippen molar-refractivity contribution >= 4 is 12.0 Å². The molecule has 1 aromatic carbocycles. The molecule has 1 fully saturated rings. The Kier molecular flexibility index (Phi) is 4.28. The molecule has 1 atom stereocenters. The highest BCUT2D eigenvalue weighted by molar-refractivity contribution is 5.85. The molecule has 0 radical (unpaired) electrons. The largest absolute Gasteiger partial charge is 0.489 e. The number of hydrogen-bond acceptors (Lipinski definition) is 4. The van der Waals surface area contributed by atoms with Crippen LogP contribution in [0.3, 0.4) is 0 Å². The number of ether oxygens (including phenoxy) is 1. The maximum atomic E-state index is 11.0. The first-order chi connectivity index (χ1) is 12.2. The molecule has 0 saturated carbocycles. The highest BCUT2D eigenvalue weighted by atomic mass is 16.5. The number of fused-ring (bicyclic) bond motifs is 1. The normalized spacial score (nSPS) is 20.5. The van der Waals surface area contributed by atoms with Gasteiger partial charge < -0.3 is 9.84 Å². The van der Waals surface area contributed by atoms with Crippen molar-refractivity contribution in [2.45, 2.75) is 18.9 Å². The molecule has 6 nitrogen and oxygen atoms in total. The topological polar surface area (TPSA) is 67.6 Å². The van der Waals surface area contributed by atoms with E-state index in [0.29, 0.717) is 6.61 Å². The van der Waals surface area contributed by atoms with Crippen molar-refractivity contribution in [3.8, 4) is 5.75 Å². The molecule has 0 bridgehead atoms. The lowest BCUT2D eigenvalue weighted by Gasteiger charge is -2.34. The fourth-order valence-corrected chi connectivity index (χ4v) is 3.59. The molecule has 0 aliphatic carbocycles. The van der Waals surface area contributed by atoms with Gasteiger partial charge in [0.15, 0.2) is 5.69 Å². The monoisotopic (exact) mass is 339 g/mol. The molecule has 2 aliphatic rings. The Morgan fingerprint density at radius 1 is 1.32 bits per heavy atom. The number of carboxylic acid groups (broad SMARTS) is 1. The molecule has 1 N–H and O–H groups in total. The lowest BCUT2D eigenvalue weighted by Crippen LogP contribution is -2.38. The van der Waals surface area contributed by atoms with Crippen LogP contribution in [-0.2, 0) is 0 Å². The van der Waals surface area contributed by atoms with Crippen LogP contribution in [0.1, 0.15) is 34.9 Å². The van der Waals surface area contributed by atoms with E-state index < -0.39 is 5.97 Å². The lowest BCUT2D eigenvalue weighted by atomic mass is 10.0. The Hall–Kier alpha value is -2.60. The van der Waals surface area contributed by atoms with Gasteiger partial charge >= 0.3 is 5.97 Å². The maximum Gasteiger partial charge on any atom is 0.356 e. The second-order valence-corrected chi connectivity index (χ2v) is 6.65. The van der Waals surface area contributed by atoms with E-state index in [1.807, 2.05) is 18.2 Å².